The van der Waals surface area contributed by atoms with Gasteiger partial charge in [0.2, 0.25) is 0 Å². The molecule has 2 aromatic rings. The summed E-state index contributed by atoms with van der Waals surface area (Å²) in [6.07, 6.45) is 0. The maximum absolute atomic E-state index is 11.9. The number of nitrogens with one attached hydrogen (secondary N) is 1. The first-order valence-electron chi connectivity index (χ1n) is 5.52. The Labute approximate surface area is 110 Å². The molecule has 0 fully saturated rings. The third-order valence-corrected chi connectivity index (χ3v) is 3.68. The van der Waals surface area contributed by atoms with Crippen LogP contribution in [0.1, 0.15) is 26.4 Å². The molecule has 0 aliphatic rings. The standard InChI is InChI=1S/C14H12N2OS/c1-10-6-7-18-13(10)9-16-14(17)12-4-2-11(8-15)3-5-12/h2-7H,9H2,1H3,(H,16,17). The van der Waals surface area contributed by atoms with Crippen molar-refractivity contribution >= 4 is 17.2 Å². The molecule has 3 nitrogen and oxygen atoms in total. The Balaban J connectivity index is 2.00. The van der Waals surface area contributed by atoms with Gasteiger partial charge in [0.25, 0.3) is 5.91 Å². The molecule has 90 valence electrons. The number of carbonyl (C=O) groups is 1. The molecule has 1 amide bonds. The average molecular weight is 256 g/mol. The zero-order chi connectivity index (χ0) is 13.0. The third kappa shape index (κ3) is 2.76. The van der Waals surface area contributed by atoms with Crippen molar-refractivity contribution in [2.45, 2.75) is 13.5 Å². The number of nitrogens with zero attached hydrogens (tertiary/aromatic N) is 1. The smallest absolute Gasteiger partial charge is 0.251 e. The van der Waals surface area contributed by atoms with Crippen molar-refractivity contribution in [1.29, 1.82) is 5.26 Å². The Bertz CT molecular complexity index is 593. The van der Waals surface area contributed by atoms with Gasteiger partial charge < -0.3 is 5.32 Å². The van der Waals surface area contributed by atoms with E-state index in [1.165, 1.54) is 5.56 Å². The van der Waals surface area contributed by atoms with Crippen LogP contribution in [0.2, 0.25) is 0 Å². The average Bonchev–Trinajstić information content (AvgIpc) is 2.81. The number of carbonyl (C=O) groups excluding carboxylic acids is 1. The van der Waals surface area contributed by atoms with Crippen LogP contribution in [0.4, 0.5) is 0 Å². The molecule has 1 heterocycles. The normalized spacial score (nSPS) is 9.78. The van der Waals surface area contributed by atoms with E-state index in [9.17, 15) is 4.79 Å². The molecule has 1 aromatic carbocycles. The van der Waals surface area contributed by atoms with E-state index >= 15 is 0 Å². The van der Waals surface area contributed by atoms with Gasteiger partial charge in [0.1, 0.15) is 0 Å². The Morgan fingerprint density at radius 1 is 1.33 bits per heavy atom. The summed E-state index contributed by atoms with van der Waals surface area (Å²) in [4.78, 5) is 13.0. The number of benzene rings is 1. The molecule has 0 aliphatic carbocycles. The molecule has 18 heavy (non-hydrogen) atoms. The number of hydrogen-bond donors (Lipinski definition) is 1. The van der Waals surface area contributed by atoms with E-state index in [0.717, 1.165) is 4.88 Å². The summed E-state index contributed by atoms with van der Waals surface area (Å²) < 4.78 is 0. The van der Waals surface area contributed by atoms with Gasteiger partial charge >= 0.3 is 0 Å². The summed E-state index contributed by atoms with van der Waals surface area (Å²) in [6, 6.07) is 10.7. The Hall–Kier alpha value is -2.12. The fraction of sp³-hybridized carbons (Fsp3) is 0.143. The molecule has 0 saturated carbocycles. The predicted octanol–water partition coefficient (Wildman–Crippen LogP) is 2.86. The minimum atomic E-state index is -0.118. The summed E-state index contributed by atoms with van der Waals surface area (Å²) in [5.74, 6) is -0.118. The van der Waals surface area contributed by atoms with Crippen molar-refractivity contribution in [1.82, 2.24) is 5.32 Å². The highest BCUT2D eigenvalue weighted by atomic mass is 32.1. The highest BCUT2D eigenvalue weighted by Crippen LogP contribution is 2.15. The van der Waals surface area contributed by atoms with Gasteiger partial charge in [-0.3, -0.25) is 4.79 Å². The van der Waals surface area contributed by atoms with Crippen LogP contribution in [0.15, 0.2) is 35.7 Å². The summed E-state index contributed by atoms with van der Waals surface area (Å²) in [5, 5.41) is 13.6. The fourth-order valence-corrected chi connectivity index (χ4v) is 2.39. The maximum atomic E-state index is 11.9. The maximum Gasteiger partial charge on any atom is 0.251 e. The highest BCUT2D eigenvalue weighted by molar-refractivity contribution is 7.10. The quantitative estimate of drug-likeness (QED) is 0.918. The van der Waals surface area contributed by atoms with Gasteiger partial charge in [-0.25, -0.2) is 0 Å². The lowest BCUT2D eigenvalue weighted by molar-refractivity contribution is 0.0951. The monoisotopic (exact) mass is 256 g/mol. The molecular weight excluding hydrogens is 244 g/mol. The molecule has 0 saturated heterocycles. The van der Waals surface area contributed by atoms with E-state index in [4.69, 9.17) is 5.26 Å². The van der Waals surface area contributed by atoms with Crippen molar-refractivity contribution in [2.24, 2.45) is 0 Å². The Morgan fingerprint density at radius 3 is 2.61 bits per heavy atom. The van der Waals surface area contributed by atoms with E-state index in [2.05, 4.69) is 5.32 Å². The van der Waals surface area contributed by atoms with Crippen LogP contribution < -0.4 is 5.32 Å². The minimum Gasteiger partial charge on any atom is -0.347 e. The van der Waals surface area contributed by atoms with Gasteiger partial charge in [0, 0.05) is 10.4 Å². The molecule has 0 radical (unpaired) electrons. The van der Waals surface area contributed by atoms with Crippen LogP contribution in [0.5, 0.6) is 0 Å². The molecule has 4 heteroatoms. The molecule has 0 unspecified atom stereocenters. The summed E-state index contributed by atoms with van der Waals surface area (Å²) in [6.45, 7) is 2.57. The number of aryl methyl sites for hydroxylation is 1. The van der Waals surface area contributed by atoms with Crippen LogP contribution in [0, 0.1) is 18.3 Å². The van der Waals surface area contributed by atoms with Gasteiger partial charge in [-0.05, 0) is 48.2 Å². The van der Waals surface area contributed by atoms with Crippen molar-refractivity contribution < 1.29 is 4.79 Å². The molecule has 0 aliphatic heterocycles. The molecule has 0 spiro atoms. The SMILES string of the molecule is Cc1ccsc1CNC(=O)c1ccc(C#N)cc1. The van der Waals surface area contributed by atoms with Crippen molar-refractivity contribution in [3.05, 3.63) is 57.3 Å². The summed E-state index contributed by atoms with van der Waals surface area (Å²) in [5.41, 5.74) is 2.32. The molecular formula is C14H12N2OS. The van der Waals surface area contributed by atoms with Crippen molar-refractivity contribution in [2.75, 3.05) is 0 Å². The van der Waals surface area contributed by atoms with Crippen LogP contribution in [-0.4, -0.2) is 5.91 Å². The first-order valence-corrected chi connectivity index (χ1v) is 6.40. The van der Waals surface area contributed by atoms with E-state index in [0.29, 0.717) is 17.7 Å². The van der Waals surface area contributed by atoms with E-state index in [1.54, 1.807) is 35.6 Å². The van der Waals surface area contributed by atoms with Crippen molar-refractivity contribution in [3.8, 4) is 6.07 Å². The van der Waals surface area contributed by atoms with Gasteiger partial charge in [-0.1, -0.05) is 0 Å². The fourth-order valence-electron chi connectivity index (χ4n) is 1.54. The molecule has 1 N–H and O–H groups in total. The van der Waals surface area contributed by atoms with Crippen LogP contribution in [0.3, 0.4) is 0 Å². The lowest BCUT2D eigenvalue weighted by Crippen LogP contribution is -2.22. The topological polar surface area (TPSA) is 52.9 Å². The Morgan fingerprint density at radius 2 is 2.06 bits per heavy atom. The second-order valence-corrected chi connectivity index (χ2v) is 4.90. The van der Waals surface area contributed by atoms with Crippen molar-refractivity contribution in [3.63, 3.8) is 0 Å². The summed E-state index contributed by atoms with van der Waals surface area (Å²) in [7, 11) is 0. The van der Waals surface area contributed by atoms with Gasteiger partial charge in [0.15, 0.2) is 0 Å². The second kappa shape index (κ2) is 5.48. The largest absolute Gasteiger partial charge is 0.347 e. The predicted molar refractivity (Wildman–Crippen MR) is 71.4 cm³/mol. The lowest BCUT2D eigenvalue weighted by atomic mass is 10.1. The molecule has 2 rings (SSSR count). The van der Waals surface area contributed by atoms with Gasteiger partial charge in [0.05, 0.1) is 18.2 Å². The second-order valence-electron chi connectivity index (χ2n) is 3.90. The first kappa shape index (κ1) is 12.3. The highest BCUT2D eigenvalue weighted by Gasteiger charge is 2.06. The van der Waals surface area contributed by atoms with E-state index < -0.39 is 0 Å². The van der Waals surface area contributed by atoms with E-state index in [1.807, 2.05) is 24.4 Å². The van der Waals surface area contributed by atoms with Gasteiger partial charge in [-0.15, -0.1) is 11.3 Å². The van der Waals surface area contributed by atoms with Crippen LogP contribution in [-0.2, 0) is 6.54 Å². The lowest BCUT2D eigenvalue weighted by Gasteiger charge is -2.04. The number of hydrogen-bond acceptors (Lipinski definition) is 3. The third-order valence-electron chi connectivity index (χ3n) is 2.65. The molecule has 1 aromatic heterocycles. The van der Waals surface area contributed by atoms with Crippen LogP contribution >= 0.6 is 11.3 Å². The number of thiophene rings is 1. The molecule has 0 atom stereocenters. The number of nitriles is 1. The Kier molecular flexibility index (Phi) is 3.75. The zero-order valence-corrected chi connectivity index (χ0v) is 10.8. The minimum absolute atomic E-state index is 0.118. The number of rotatable bonds is 3. The van der Waals surface area contributed by atoms with Crippen LogP contribution in [0.25, 0.3) is 0 Å². The van der Waals surface area contributed by atoms with Gasteiger partial charge in [-0.2, -0.15) is 5.26 Å². The molecule has 0 bridgehead atoms. The summed E-state index contributed by atoms with van der Waals surface area (Å²) >= 11 is 1.64. The van der Waals surface area contributed by atoms with E-state index in [-0.39, 0.29) is 5.91 Å². The number of amides is 1. The first-order chi connectivity index (χ1) is 8.70. The zero-order valence-electron chi connectivity index (χ0n) is 9.93.